The van der Waals surface area contributed by atoms with Crippen molar-refractivity contribution < 1.29 is 13.5 Å². The van der Waals surface area contributed by atoms with Gasteiger partial charge in [-0.25, -0.2) is 17.7 Å². The molecular formula is C21H31N5O4S. The van der Waals surface area contributed by atoms with E-state index in [1.807, 2.05) is 11.9 Å². The van der Waals surface area contributed by atoms with Crippen molar-refractivity contribution in [1.29, 1.82) is 0 Å². The Labute approximate surface area is 184 Å². The van der Waals surface area contributed by atoms with E-state index in [1.54, 1.807) is 22.9 Å². The lowest BCUT2D eigenvalue weighted by molar-refractivity contribution is 0.288. The first kappa shape index (κ1) is 23.5. The fourth-order valence-electron chi connectivity index (χ4n) is 3.60. The summed E-state index contributed by atoms with van der Waals surface area (Å²) < 4.78 is 27.7. The molecule has 0 radical (unpaired) electrons. The highest BCUT2D eigenvalue weighted by Gasteiger charge is 2.26. The number of aliphatic hydroxyl groups is 1. The molecule has 1 aliphatic carbocycles. The molecule has 1 saturated heterocycles. The SMILES string of the molecule is CN1CCN(c2nc(CCCO)cn(C3C=CC(S(=O)(=O)N(C)C)C#CC3)c2=O)CC1. The Kier molecular flexibility index (Phi) is 7.54. The highest BCUT2D eigenvalue weighted by Crippen LogP contribution is 2.20. The van der Waals surface area contributed by atoms with E-state index in [-0.39, 0.29) is 18.2 Å². The number of aromatic nitrogens is 2. The predicted octanol–water partition coefficient (Wildman–Crippen LogP) is -0.316. The molecule has 2 aliphatic rings. The summed E-state index contributed by atoms with van der Waals surface area (Å²) in [6, 6.07) is -0.385. The van der Waals surface area contributed by atoms with Crippen LogP contribution < -0.4 is 10.5 Å². The number of aryl methyl sites for hydroxylation is 1. The summed E-state index contributed by atoms with van der Waals surface area (Å²) in [6.07, 6.45) is 6.46. The number of hydrogen-bond acceptors (Lipinski definition) is 7. The van der Waals surface area contributed by atoms with Crippen LogP contribution in [0.1, 0.15) is 24.6 Å². The summed E-state index contributed by atoms with van der Waals surface area (Å²) in [5.41, 5.74) is 0.522. The number of allylic oxidation sites excluding steroid dienone is 1. The summed E-state index contributed by atoms with van der Waals surface area (Å²) in [5, 5.41) is 8.30. The number of piperazine rings is 1. The summed E-state index contributed by atoms with van der Waals surface area (Å²) >= 11 is 0. The first-order valence-electron chi connectivity index (χ1n) is 10.5. The molecule has 0 amide bonds. The highest BCUT2D eigenvalue weighted by molar-refractivity contribution is 7.90. The van der Waals surface area contributed by atoms with E-state index >= 15 is 0 Å². The lowest BCUT2D eigenvalue weighted by Gasteiger charge is -2.33. The quantitative estimate of drug-likeness (QED) is 0.450. The molecule has 31 heavy (non-hydrogen) atoms. The van der Waals surface area contributed by atoms with Gasteiger partial charge in [-0.3, -0.25) is 4.79 Å². The summed E-state index contributed by atoms with van der Waals surface area (Å²) in [5.74, 6) is 6.16. The molecule has 3 rings (SSSR count). The Morgan fingerprint density at radius 3 is 2.58 bits per heavy atom. The van der Waals surface area contributed by atoms with Crippen LogP contribution in [0.25, 0.3) is 0 Å². The van der Waals surface area contributed by atoms with Gasteiger partial charge >= 0.3 is 0 Å². The van der Waals surface area contributed by atoms with Crippen LogP contribution in [0.15, 0.2) is 23.1 Å². The van der Waals surface area contributed by atoms with Crippen LogP contribution in [0, 0.1) is 11.8 Å². The topological polar surface area (TPSA) is 99.0 Å². The molecule has 0 spiro atoms. The van der Waals surface area contributed by atoms with Gasteiger partial charge in [0.15, 0.2) is 11.1 Å². The third-order valence-corrected chi connectivity index (χ3v) is 7.54. The van der Waals surface area contributed by atoms with Crippen LogP contribution in [-0.4, -0.2) is 91.5 Å². The second-order valence-electron chi connectivity index (χ2n) is 8.11. The van der Waals surface area contributed by atoms with Crippen LogP contribution in [0.4, 0.5) is 5.82 Å². The van der Waals surface area contributed by atoms with Crippen molar-refractivity contribution in [2.24, 2.45) is 0 Å². The molecule has 0 aromatic carbocycles. The van der Waals surface area contributed by atoms with Gasteiger partial charge in [-0.05, 0) is 19.9 Å². The van der Waals surface area contributed by atoms with E-state index in [0.717, 1.165) is 23.1 Å². The number of anilines is 1. The average Bonchev–Trinajstić information content (AvgIpc) is 3.00. The maximum atomic E-state index is 13.4. The van der Waals surface area contributed by atoms with Crippen molar-refractivity contribution >= 4 is 15.8 Å². The molecular weight excluding hydrogens is 418 g/mol. The van der Waals surface area contributed by atoms with Gasteiger partial charge in [-0.2, -0.15) is 0 Å². The molecule has 2 unspecified atom stereocenters. The van der Waals surface area contributed by atoms with Crippen molar-refractivity contribution in [3.63, 3.8) is 0 Å². The minimum absolute atomic E-state index is 0.0452. The first-order valence-corrected chi connectivity index (χ1v) is 12.0. The van der Waals surface area contributed by atoms with Crippen LogP contribution >= 0.6 is 0 Å². The summed E-state index contributed by atoms with van der Waals surface area (Å²) in [7, 11) is 1.46. The monoisotopic (exact) mass is 449 g/mol. The lowest BCUT2D eigenvalue weighted by atomic mass is 10.2. The molecule has 2 heterocycles. The Morgan fingerprint density at radius 2 is 1.94 bits per heavy atom. The number of aliphatic hydroxyl groups excluding tert-OH is 1. The molecule has 1 aromatic rings. The van der Waals surface area contributed by atoms with Crippen molar-refractivity contribution in [3.8, 4) is 11.8 Å². The van der Waals surface area contributed by atoms with Crippen LogP contribution in [0.3, 0.4) is 0 Å². The van der Waals surface area contributed by atoms with E-state index < -0.39 is 15.3 Å². The molecule has 9 nitrogen and oxygen atoms in total. The van der Waals surface area contributed by atoms with Gasteiger partial charge in [-0.15, -0.1) is 0 Å². The summed E-state index contributed by atoms with van der Waals surface area (Å²) in [6.45, 7) is 3.17. The van der Waals surface area contributed by atoms with Gasteiger partial charge in [0, 0.05) is 59.5 Å². The number of nitrogens with zero attached hydrogens (tertiary/aromatic N) is 5. The molecule has 1 fully saturated rings. The van der Waals surface area contributed by atoms with Crippen molar-refractivity contribution in [3.05, 3.63) is 34.4 Å². The molecule has 1 aliphatic heterocycles. The van der Waals surface area contributed by atoms with E-state index in [1.165, 1.54) is 14.1 Å². The van der Waals surface area contributed by atoms with Gasteiger partial charge in [0.25, 0.3) is 5.56 Å². The second-order valence-corrected chi connectivity index (χ2v) is 10.4. The van der Waals surface area contributed by atoms with E-state index in [4.69, 9.17) is 0 Å². The van der Waals surface area contributed by atoms with Crippen molar-refractivity contribution in [2.75, 3.05) is 58.8 Å². The van der Waals surface area contributed by atoms with E-state index in [9.17, 15) is 18.3 Å². The number of hydrogen-bond donors (Lipinski definition) is 1. The Balaban J connectivity index is 1.97. The van der Waals surface area contributed by atoms with Gasteiger partial charge in [0.2, 0.25) is 10.0 Å². The molecule has 0 saturated carbocycles. The molecule has 0 bridgehead atoms. The zero-order valence-electron chi connectivity index (χ0n) is 18.4. The third-order valence-electron chi connectivity index (χ3n) is 5.61. The molecule has 170 valence electrons. The number of sulfonamides is 1. The highest BCUT2D eigenvalue weighted by atomic mass is 32.2. The second kappa shape index (κ2) is 9.96. The number of rotatable bonds is 7. The molecule has 2 atom stereocenters. The molecule has 10 heteroatoms. The van der Waals surface area contributed by atoms with Crippen molar-refractivity contribution in [1.82, 2.24) is 18.8 Å². The Bertz CT molecular complexity index is 1030. The zero-order chi connectivity index (χ0) is 22.6. The minimum atomic E-state index is -3.56. The van der Waals surface area contributed by atoms with Crippen LogP contribution in [0.5, 0.6) is 0 Å². The van der Waals surface area contributed by atoms with Crippen molar-refractivity contribution in [2.45, 2.75) is 30.6 Å². The van der Waals surface area contributed by atoms with Gasteiger partial charge < -0.3 is 19.5 Å². The molecule has 1 aromatic heterocycles. The van der Waals surface area contributed by atoms with E-state index in [0.29, 0.717) is 38.2 Å². The fraction of sp³-hybridized carbons (Fsp3) is 0.619. The zero-order valence-corrected chi connectivity index (χ0v) is 19.2. The largest absolute Gasteiger partial charge is 0.396 e. The third kappa shape index (κ3) is 5.36. The Morgan fingerprint density at radius 1 is 1.23 bits per heavy atom. The summed E-state index contributed by atoms with van der Waals surface area (Å²) in [4.78, 5) is 22.2. The smallest absolute Gasteiger partial charge is 0.294 e. The predicted molar refractivity (Wildman–Crippen MR) is 121 cm³/mol. The van der Waals surface area contributed by atoms with Gasteiger partial charge in [0.1, 0.15) is 0 Å². The fourth-order valence-corrected chi connectivity index (χ4v) is 4.58. The molecule has 1 N–H and O–H groups in total. The number of likely N-dealkylation sites (N-methyl/N-ethyl adjacent to an activating group) is 1. The van der Waals surface area contributed by atoms with E-state index in [2.05, 4.69) is 21.7 Å². The minimum Gasteiger partial charge on any atom is -0.396 e. The van der Waals surface area contributed by atoms with Crippen LogP contribution in [-0.2, 0) is 16.4 Å². The standard InChI is InChI=1S/C21H31N5O4S/c1-23(2)31(29,30)19-8-4-7-18(9-10-19)26-16-17(6-5-15-27)22-20(21(26)28)25-13-11-24(3)12-14-25/h9-10,16,18-19,27H,5-7,11-15H2,1-3H3. The van der Waals surface area contributed by atoms with Gasteiger partial charge in [0.05, 0.1) is 11.7 Å². The lowest BCUT2D eigenvalue weighted by Crippen LogP contribution is -2.47. The van der Waals surface area contributed by atoms with Crippen LogP contribution in [0.2, 0.25) is 0 Å². The first-order chi connectivity index (χ1) is 14.7. The van der Waals surface area contributed by atoms with Gasteiger partial charge in [-0.1, -0.05) is 24.0 Å². The maximum Gasteiger partial charge on any atom is 0.294 e. The normalized spacial score (nSPS) is 22.3. The average molecular weight is 450 g/mol. The Hall–Kier alpha value is -2.19. The maximum absolute atomic E-state index is 13.4.